The van der Waals surface area contributed by atoms with E-state index in [1.54, 1.807) is 12.4 Å². The molecule has 2 aliphatic carbocycles. The van der Waals surface area contributed by atoms with E-state index in [9.17, 15) is 4.79 Å². The van der Waals surface area contributed by atoms with Crippen molar-refractivity contribution in [3.63, 3.8) is 0 Å². The van der Waals surface area contributed by atoms with Gasteiger partial charge in [-0.05, 0) is 61.8 Å². The Labute approximate surface area is 176 Å². The number of hydrogen-bond donors (Lipinski definition) is 1. The van der Waals surface area contributed by atoms with Crippen LogP contribution in [0.1, 0.15) is 55.3 Å². The summed E-state index contributed by atoms with van der Waals surface area (Å²) in [7, 11) is 0. The third-order valence-electron chi connectivity index (χ3n) is 6.62. The first kappa shape index (κ1) is 18.9. The molecule has 2 atom stereocenters. The highest BCUT2D eigenvalue weighted by Gasteiger charge is 2.30. The molecule has 0 saturated heterocycles. The zero-order valence-electron chi connectivity index (χ0n) is 17.1. The van der Waals surface area contributed by atoms with Crippen LogP contribution in [0, 0.1) is 11.8 Å². The number of hydrazone groups is 1. The fourth-order valence-corrected chi connectivity index (χ4v) is 5.02. The van der Waals surface area contributed by atoms with Crippen molar-refractivity contribution < 1.29 is 4.79 Å². The summed E-state index contributed by atoms with van der Waals surface area (Å²) in [6, 6.07) is 13.4. The summed E-state index contributed by atoms with van der Waals surface area (Å²) >= 11 is 0. The highest BCUT2D eigenvalue weighted by molar-refractivity contribution is 6.07. The molecular weight excluding hydrogens is 372 g/mol. The molecule has 2 aliphatic rings. The van der Waals surface area contributed by atoms with Gasteiger partial charge in [-0.2, -0.15) is 5.10 Å². The maximum atomic E-state index is 13.1. The maximum absolute atomic E-state index is 13.1. The average molecular weight is 399 g/mol. The second kappa shape index (κ2) is 8.34. The van der Waals surface area contributed by atoms with Gasteiger partial charge in [0.2, 0.25) is 0 Å². The van der Waals surface area contributed by atoms with Gasteiger partial charge in [0.25, 0.3) is 5.91 Å². The first-order valence-corrected chi connectivity index (χ1v) is 10.9. The van der Waals surface area contributed by atoms with E-state index in [-0.39, 0.29) is 5.91 Å². The summed E-state index contributed by atoms with van der Waals surface area (Å²) in [5, 5.41) is 5.38. The minimum absolute atomic E-state index is 0.179. The van der Waals surface area contributed by atoms with E-state index in [1.165, 1.54) is 32.1 Å². The first-order chi connectivity index (χ1) is 14.8. The zero-order valence-corrected chi connectivity index (χ0v) is 17.1. The lowest BCUT2D eigenvalue weighted by atomic mass is 9.70. The Hall–Kier alpha value is -3.08. The van der Waals surface area contributed by atoms with Crippen LogP contribution in [-0.4, -0.2) is 21.6 Å². The van der Waals surface area contributed by atoms with Gasteiger partial charge in [-0.15, -0.1) is 0 Å². The zero-order chi connectivity index (χ0) is 20.3. The van der Waals surface area contributed by atoms with E-state index in [0.717, 1.165) is 52.5 Å². The number of hydrogen-bond acceptors (Lipinski definition) is 4. The molecule has 0 unspecified atom stereocenters. The van der Waals surface area contributed by atoms with Crippen molar-refractivity contribution in [3.05, 3.63) is 60.4 Å². The van der Waals surface area contributed by atoms with Gasteiger partial charge in [-0.1, -0.05) is 37.5 Å². The smallest absolute Gasteiger partial charge is 0.267 e. The van der Waals surface area contributed by atoms with E-state index >= 15 is 0 Å². The number of benzene rings is 1. The lowest BCUT2D eigenvalue weighted by Gasteiger charge is -2.35. The number of aromatic nitrogens is 2. The van der Waals surface area contributed by atoms with Crippen molar-refractivity contribution >= 4 is 22.5 Å². The Kier molecular flexibility index (Phi) is 5.26. The summed E-state index contributed by atoms with van der Waals surface area (Å²) in [5.74, 6) is 1.44. The molecule has 1 amide bonds. The molecule has 3 aromatic rings. The standard InChI is InChI=1S/C25H26N4O/c30-25(29-28-20-10-9-17-5-1-2-6-19(17)15-20)22-16-24(18-11-13-26-14-12-18)27-23-8-4-3-7-21(22)23/h3-4,7-8,11-14,16-17,19H,1-2,5-6,9-10,15H2,(H,29,30)/b28-20-/t17-,19+/m0/s1. The average Bonchev–Trinajstić information content (AvgIpc) is 2.82. The molecule has 2 saturated carbocycles. The lowest BCUT2D eigenvalue weighted by molar-refractivity contribution is 0.0955. The molecule has 2 heterocycles. The second-order valence-electron chi connectivity index (χ2n) is 8.47. The van der Waals surface area contributed by atoms with Crippen LogP contribution in [0.3, 0.4) is 0 Å². The molecule has 2 aromatic heterocycles. The van der Waals surface area contributed by atoms with E-state index < -0.39 is 0 Å². The number of pyridine rings is 2. The molecule has 30 heavy (non-hydrogen) atoms. The van der Waals surface area contributed by atoms with Crippen LogP contribution in [-0.2, 0) is 0 Å². The summed E-state index contributed by atoms with van der Waals surface area (Å²) in [6.45, 7) is 0. The summed E-state index contributed by atoms with van der Waals surface area (Å²) in [4.78, 5) is 21.9. The Balaban J connectivity index is 1.41. The molecule has 5 nitrogen and oxygen atoms in total. The van der Waals surface area contributed by atoms with E-state index in [4.69, 9.17) is 4.98 Å². The molecule has 1 N–H and O–H groups in total. The lowest BCUT2D eigenvalue weighted by Crippen LogP contribution is -2.29. The first-order valence-electron chi connectivity index (χ1n) is 10.9. The van der Waals surface area contributed by atoms with E-state index in [1.807, 2.05) is 42.5 Å². The Bertz CT molecular complexity index is 1090. The van der Waals surface area contributed by atoms with Gasteiger partial charge in [-0.25, -0.2) is 10.4 Å². The van der Waals surface area contributed by atoms with Crippen LogP contribution in [0.2, 0.25) is 0 Å². The van der Waals surface area contributed by atoms with Crippen molar-refractivity contribution in [1.29, 1.82) is 0 Å². The van der Waals surface area contributed by atoms with E-state index in [2.05, 4.69) is 15.5 Å². The second-order valence-corrected chi connectivity index (χ2v) is 8.47. The fourth-order valence-electron chi connectivity index (χ4n) is 5.02. The molecule has 0 aliphatic heterocycles. The van der Waals surface area contributed by atoms with Gasteiger partial charge in [0.05, 0.1) is 16.8 Å². The van der Waals surface area contributed by atoms with Crippen LogP contribution in [0.4, 0.5) is 0 Å². The topological polar surface area (TPSA) is 67.2 Å². The van der Waals surface area contributed by atoms with Crippen molar-refractivity contribution in [2.75, 3.05) is 0 Å². The van der Waals surface area contributed by atoms with Gasteiger partial charge in [-0.3, -0.25) is 9.78 Å². The Morgan fingerprint density at radius 3 is 2.67 bits per heavy atom. The van der Waals surface area contributed by atoms with Gasteiger partial charge in [0, 0.05) is 29.1 Å². The molecule has 5 heteroatoms. The van der Waals surface area contributed by atoms with Crippen molar-refractivity contribution in [2.45, 2.75) is 44.9 Å². The number of nitrogens with zero attached hydrogens (tertiary/aromatic N) is 3. The summed E-state index contributed by atoms with van der Waals surface area (Å²) in [6.07, 6.45) is 12.1. The molecule has 1 aromatic carbocycles. The highest BCUT2D eigenvalue weighted by Crippen LogP contribution is 2.39. The van der Waals surface area contributed by atoms with Crippen molar-refractivity contribution in [2.24, 2.45) is 16.9 Å². The minimum Gasteiger partial charge on any atom is -0.267 e. The van der Waals surface area contributed by atoms with Crippen LogP contribution in [0.25, 0.3) is 22.2 Å². The van der Waals surface area contributed by atoms with Crippen molar-refractivity contribution in [1.82, 2.24) is 15.4 Å². The highest BCUT2D eigenvalue weighted by atomic mass is 16.2. The maximum Gasteiger partial charge on any atom is 0.272 e. The Morgan fingerprint density at radius 2 is 1.80 bits per heavy atom. The van der Waals surface area contributed by atoms with Gasteiger partial charge in [0.15, 0.2) is 0 Å². The molecule has 152 valence electrons. The van der Waals surface area contributed by atoms with Crippen molar-refractivity contribution in [3.8, 4) is 11.3 Å². The van der Waals surface area contributed by atoms with Crippen LogP contribution in [0.5, 0.6) is 0 Å². The number of fused-ring (bicyclic) bond motifs is 2. The monoisotopic (exact) mass is 398 g/mol. The minimum atomic E-state index is -0.179. The number of nitrogens with one attached hydrogen (secondary N) is 1. The van der Waals surface area contributed by atoms with E-state index in [0.29, 0.717) is 5.56 Å². The fraction of sp³-hybridized carbons (Fsp3) is 0.360. The van der Waals surface area contributed by atoms with Crippen LogP contribution >= 0.6 is 0 Å². The number of carbonyl (C=O) groups is 1. The summed E-state index contributed by atoms with van der Waals surface area (Å²) < 4.78 is 0. The third-order valence-corrected chi connectivity index (χ3v) is 6.62. The van der Waals surface area contributed by atoms with Crippen LogP contribution in [0.15, 0.2) is 60.0 Å². The largest absolute Gasteiger partial charge is 0.272 e. The molecule has 0 spiro atoms. The molecule has 5 rings (SSSR count). The van der Waals surface area contributed by atoms with Crippen LogP contribution < -0.4 is 5.43 Å². The van der Waals surface area contributed by atoms with Gasteiger partial charge >= 0.3 is 0 Å². The predicted octanol–water partition coefficient (Wildman–Crippen LogP) is 5.37. The third kappa shape index (κ3) is 3.84. The molecule has 0 bridgehead atoms. The van der Waals surface area contributed by atoms with Gasteiger partial charge < -0.3 is 0 Å². The number of rotatable bonds is 3. The summed E-state index contributed by atoms with van der Waals surface area (Å²) in [5.41, 5.74) is 7.08. The normalized spacial score (nSPS) is 22.6. The SMILES string of the molecule is O=C(N/N=C1/CC[C@@H]2CCCC[C@@H]2C1)c1cc(-c2ccncc2)nc2ccccc12. The predicted molar refractivity (Wildman–Crippen MR) is 119 cm³/mol. The quantitative estimate of drug-likeness (QED) is 0.603. The Morgan fingerprint density at radius 1 is 1.00 bits per heavy atom. The number of carbonyl (C=O) groups excluding carboxylic acids is 1. The molecule has 0 radical (unpaired) electrons. The number of para-hydroxylation sites is 1. The molecular formula is C25H26N4O. The van der Waals surface area contributed by atoms with Gasteiger partial charge in [0.1, 0.15) is 0 Å². The molecule has 2 fully saturated rings. The number of amides is 1.